The first-order valence-electron chi connectivity index (χ1n) is 10.4. The minimum absolute atomic E-state index is 0.0569. The number of nitrogens with zero attached hydrogens (tertiary/aromatic N) is 2. The van der Waals surface area contributed by atoms with Gasteiger partial charge in [0.05, 0.1) is 15.2 Å². The summed E-state index contributed by atoms with van der Waals surface area (Å²) in [6.07, 6.45) is 0.382. The van der Waals surface area contributed by atoms with Crippen LogP contribution in [0.2, 0.25) is 0 Å². The van der Waals surface area contributed by atoms with Gasteiger partial charge in [-0.05, 0) is 49.2 Å². The van der Waals surface area contributed by atoms with Gasteiger partial charge in [-0.15, -0.1) is 11.3 Å². The molecule has 0 aliphatic carbocycles. The molecule has 168 valence electrons. The van der Waals surface area contributed by atoms with E-state index < -0.39 is 23.7 Å². The van der Waals surface area contributed by atoms with Gasteiger partial charge < -0.3 is 10.2 Å². The van der Waals surface area contributed by atoms with E-state index >= 15 is 0 Å². The molecule has 0 saturated carbocycles. The Morgan fingerprint density at radius 2 is 2.09 bits per heavy atom. The van der Waals surface area contributed by atoms with Gasteiger partial charge in [-0.3, -0.25) is 24.5 Å². The van der Waals surface area contributed by atoms with Crippen LogP contribution in [0, 0.1) is 12.7 Å². The molecule has 1 atom stereocenters. The summed E-state index contributed by atoms with van der Waals surface area (Å²) in [6.45, 7) is 1.98. The lowest BCUT2D eigenvalue weighted by atomic mass is 10.0. The van der Waals surface area contributed by atoms with Crippen molar-refractivity contribution in [3.63, 3.8) is 0 Å². The highest BCUT2D eigenvalue weighted by atomic mass is 32.1. The molecule has 2 aliphatic rings. The van der Waals surface area contributed by atoms with Gasteiger partial charge in [0.15, 0.2) is 0 Å². The SMILES string of the molecule is Cc1nc2cc(C(=O)NCc3cc4c(cc3F)C(=O)N(C3CCC(=O)NC3=O)C4)ccc2s1. The third-order valence-electron chi connectivity index (χ3n) is 5.89. The number of rotatable bonds is 4. The van der Waals surface area contributed by atoms with Crippen molar-refractivity contribution in [3.05, 3.63) is 63.4 Å². The molecule has 10 heteroatoms. The highest BCUT2D eigenvalue weighted by molar-refractivity contribution is 7.18. The monoisotopic (exact) mass is 466 g/mol. The van der Waals surface area contributed by atoms with Crippen molar-refractivity contribution in [2.75, 3.05) is 0 Å². The highest BCUT2D eigenvalue weighted by Gasteiger charge is 2.39. The van der Waals surface area contributed by atoms with Crippen molar-refractivity contribution in [1.82, 2.24) is 20.5 Å². The molecule has 0 spiro atoms. The molecule has 3 aromatic rings. The fourth-order valence-corrected chi connectivity index (χ4v) is 5.04. The zero-order chi connectivity index (χ0) is 23.3. The lowest BCUT2D eigenvalue weighted by Gasteiger charge is -2.29. The Kier molecular flexibility index (Phi) is 5.16. The number of benzene rings is 2. The van der Waals surface area contributed by atoms with E-state index in [4.69, 9.17) is 0 Å². The second-order valence-corrected chi connectivity index (χ2v) is 9.33. The number of aromatic nitrogens is 1. The molecule has 1 aromatic heterocycles. The van der Waals surface area contributed by atoms with Crippen LogP contribution in [0.5, 0.6) is 0 Å². The van der Waals surface area contributed by atoms with E-state index in [1.165, 1.54) is 4.90 Å². The number of amides is 4. The molecule has 33 heavy (non-hydrogen) atoms. The summed E-state index contributed by atoms with van der Waals surface area (Å²) in [7, 11) is 0. The molecule has 4 amide bonds. The largest absolute Gasteiger partial charge is 0.348 e. The third kappa shape index (κ3) is 3.86. The van der Waals surface area contributed by atoms with Gasteiger partial charge in [0.25, 0.3) is 11.8 Å². The second kappa shape index (κ2) is 8.04. The lowest BCUT2D eigenvalue weighted by molar-refractivity contribution is -0.136. The average Bonchev–Trinajstić information content (AvgIpc) is 3.30. The van der Waals surface area contributed by atoms with Crippen LogP contribution in [0.15, 0.2) is 30.3 Å². The first kappa shape index (κ1) is 21.2. The lowest BCUT2D eigenvalue weighted by Crippen LogP contribution is -2.52. The zero-order valence-electron chi connectivity index (χ0n) is 17.6. The fourth-order valence-electron chi connectivity index (χ4n) is 4.24. The molecule has 1 saturated heterocycles. The molecule has 3 heterocycles. The van der Waals surface area contributed by atoms with Crippen LogP contribution in [0.1, 0.15) is 49.7 Å². The maximum absolute atomic E-state index is 14.7. The Bertz CT molecular complexity index is 1350. The summed E-state index contributed by atoms with van der Waals surface area (Å²) in [5.41, 5.74) is 2.17. The van der Waals surface area contributed by atoms with Gasteiger partial charge >= 0.3 is 0 Å². The van der Waals surface area contributed by atoms with Crippen LogP contribution >= 0.6 is 11.3 Å². The number of carbonyl (C=O) groups is 4. The Morgan fingerprint density at radius 3 is 2.88 bits per heavy atom. The van der Waals surface area contributed by atoms with E-state index in [2.05, 4.69) is 15.6 Å². The third-order valence-corrected chi connectivity index (χ3v) is 6.84. The Labute approximate surface area is 191 Å². The molecule has 2 aliphatic heterocycles. The fraction of sp³-hybridized carbons (Fsp3) is 0.261. The van der Waals surface area contributed by atoms with Crippen molar-refractivity contribution < 1.29 is 23.6 Å². The smallest absolute Gasteiger partial charge is 0.255 e. The number of imide groups is 1. The zero-order valence-corrected chi connectivity index (χ0v) is 18.4. The molecular weight excluding hydrogens is 447 g/mol. The van der Waals surface area contributed by atoms with Crippen LogP contribution in [-0.4, -0.2) is 39.6 Å². The molecule has 5 rings (SSSR count). The second-order valence-electron chi connectivity index (χ2n) is 8.10. The standard InChI is InChI=1S/C23H19FN4O4S/c1-11-26-17-7-12(2-4-19(17)33-11)21(30)25-9-13-6-14-10-28(23(32)15(14)8-16(13)24)18-3-5-20(29)27-22(18)31/h2,4,6-8,18H,3,5,9-10H2,1H3,(H,25,30)(H,27,29,31). The van der Waals surface area contributed by atoms with E-state index in [1.807, 2.05) is 13.0 Å². The summed E-state index contributed by atoms with van der Waals surface area (Å²) in [5, 5.41) is 5.86. The average molecular weight is 466 g/mol. The molecule has 8 nitrogen and oxygen atoms in total. The predicted molar refractivity (Wildman–Crippen MR) is 118 cm³/mol. The van der Waals surface area contributed by atoms with E-state index in [0.29, 0.717) is 11.1 Å². The normalized spacial score (nSPS) is 17.9. The maximum Gasteiger partial charge on any atom is 0.255 e. The number of hydrogen-bond acceptors (Lipinski definition) is 6. The molecule has 1 fully saturated rings. The van der Waals surface area contributed by atoms with E-state index in [-0.39, 0.29) is 48.9 Å². The van der Waals surface area contributed by atoms with Crippen molar-refractivity contribution in [2.24, 2.45) is 0 Å². The summed E-state index contributed by atoms with van der Waals surface area (Å²) < 4.78 is 15.7. The van der Waals surface area contributed by atoms with E-state index in [9.17, 15) is 23.6 Å². The highest BCUT2D eigenvalue weighted by Crippen LogP contribution is 2.29. The molecule has 0 radical (unpaired) electrons. The van der Waals surface area contributed by atoms with Crippen molar-refractivity contribution in [2.45, 2.75) is 38.9 Å². The topological polar surface area (TPSA) is 108 Å². The van der Waals surface area contributed by atoms with Crippen LogP contribution < -0.4 is 10.6 Å². The van der Waals surface area contributed by atoms with Crippen LogP contribution in [0.4, 0.5) is 4.39 Å². The quantitative estimate of drug-likeness (QED) is 0.574. The number of thiazole rings is 1. The first-order valence-corrected chi connectivity index (χ1v) is 11.2. The number of carbonyl (C=O) groups excluding carboxylic acids is 4. The summed E-state index contributed by atoms with van der Waals surface area (Å²) in [6, 6.07) is 7.16. The molecule has 0 bridgehead atoms. The van der Waals surface area contributed by atoms with Crippen LogP contribution in [0.25, 0.3) is 10.2 Å². The van der Waals surface area contributed by atoms with Gasteiger partial charge in [-0.2, -0.15) is 0 Å². The molecule has 2 N–H and O–H groups in total. The Morgan fingerprint density at radius 1 is 1.27 bits per heavy atom. The number of hydrogen-bond donors (Lipinski definition) is 2. The summed E-state index contributed by atoms with van der Waals surface area (Å²) in [4.78, 5) is 54.7. The van der Waals surface area contributed by atoms with Gasteiger partial charge in [-0.25, -0.2) is 9.37 Å². The van der Waals surface area contributed by atoms with E-state index in [0.717, 1.165) is 21.3 Å². The van der Waals surface area contributed by atoms with Gasteiger partial charge in [0.2, 0.25) is 11.8 Å². The number of nitrogens with one attached hydrogen (secondary N) is 2. The first-order chi connectivity index (χ1) is 15.8. The molecular formula is C23H19FN4O4S. The van der Waals surface area contributed by atoms with Crippen LogP contribution in [0.3, 0.4) is 0 Å². The number of fused-ring (bicyclic) bond motifs is 2. The van der Waals surface area contributed by atoms with Gasteiger partial charge in [-0.1, -0.05) is 0 Å². The maximum atomic E-state index is 14.7. The minimum atomic E-state index is -0.766. The van der Waals surface area contributed by atoms with Gasteiger partial charge in [0.1, 0.15) is 11.9 Å². The summed E-state index contributed by atoms with van der Waals surface area (Å²) in [5.74, 6) is -2.30. The number of aryl methyl sites for hydroxylation is 1. The van der Waals surface area contributed by atoms with Crippen molar-refractivity contribution in [3.8, 4) is 0 Å². The van der Waals surface area contributed by atoms with Crippen LogP contribution in [-0.2, 0) is 22.7 Å². The Balaban J connectivity index is 1.31. The van der Waals surface area contributed by atoms with Crippen molar-refractivity contribution >= 4 is 45.2 Å². The van der Waals surface area contributed by atoms with Crippen molar-refractivity contribution in [1.29, 1.82) is 0 Å². The predicted octanol–water partition coefficient (Wildman–Crippen LogP) is 2.43. The Hall–Kier alpha value is -3.66. The number of piperidine rings is 1. The molecule has 1 unspecified atom stereocenters. The van der Waals surface area contributed by atoms with E-state index in [1.54, 1.807) is 29.5 Å². The summed E-state index contributed by atoms with van der Waals surface area (Å²) >= 11 is 1.54. The molecule has 2 aromatic carbocycles. The number of halogens is 1. The van der Waals surface area contributed by atoms with Gasteiger partial charge in [0, 0.05) is 36.2 Å². The minimum Gasteiger partial charge on any atom is -0.348 e.